The molecular weight excluding hydrogens is 385 g/mol. The molecule has 30 heavy (non-hydrogen) atoms. The predicted molar refractivity (Wildman–Crippen MR) is 113 cm³/mol. The molecule has 0 aliphatic heterocycles. The van der Waals surface area contributed by atoms with E-state index in [1.165, 1.54) is 18.2 Å². The van der Waals surface area contributed by atoms with E-state index < -0.39 is 23.7 Å². The van der Waals surface area contributed by atoms with Crippen molar-refractivity contribution in [3.05, 3.63) is 101 Å². The molecule has 0 fully saturated rings. The van der Waals surface area contributed by atoms with Gasteiger partial charge in [-0.3, -0.25) is 9.59 Å². The summed E-state index contributed by atoms with van der Waals surface area (Å²) in [6.45, 7) is 1.67. The Balaban J connectivity index is 1.68. The van der Waals surface area contributed by atoms with Gasteiger partial charge in [-0.1, -0.05) is 54.6 Å². The summed E-state index contributed by atoms with van der Waals surface area (Å²) in [5.74, 6) is -1.84. The minimum absolute atomic E-state index is 0.0598. The molecule has 6 nitrogen and oxygen atoms in total. The molecule has 0 bridgehead atoms. The van der Waals surface area contributed by atoms with Gasteiger partial charge in [-0.2, -0.15) is 5.10 Å². The Labute approximate surface area is 173 Å². The summed E-state index contributed by atoms with van der Waals surface area (Å²) in [5, 5.41) is 16.7. The zero-order valence-corrected chi connectivity index (χ0v) is 16.2. The van der Waals surface area contributed by atoms with E-state index in [1.54, 1.807) is 67.6 Å². The van der Waals surface area contributed by atoms with E-state index in [2.05, 4.69) is 15.8 Å². The standard InChI is InChI=1S/C23H20FN3O3/c1-15(26-27-23(30)21(28)16-8-3-2-4-9-16)17-10-7-11-18(14-17)25-22(29)19-12-5-6-13-20(19)24/h2-14,21,28H,1H3,(H,25,29)(H,27,30)/b26-15+. The fourth-order valence-corrected chi connectivity index (χ4v) is 2.72. The second kappa shape index (κ2) is 9.58. The maximum absolute atomic E-state index is 13.8. The lowest BCUT2D eigenvalue weighted by atomic mass is 10.1. The molecule has 0 aromatic heterocycles. The van der Waals surface area contributed by atoms with Crippen molar-refractivity contribution in [1.82, 2.24) is 5.43 Å². The van der Waals surface area contributed by atoms with Crippen LogP contribution < -0.4 is 10.7 Å². The molecule has 0 radical (unpaired) electrons. The van der Waals surface area contributed by atoms with Gasteiger partial charge in [-0.15, -0.1) is 0 Å². The summed E-state index contributed by atoms with van der Waals surface area (Å²) < 4.78 is 13.8. The van der Waals surface area contributed by atoms with Crippen LogP contribution in [0.15, 0.2) is 84.0 Å². The number of hydrogen-bond donors (Lipinski definition) is 3. The van der Waals surface area contributed by atoms with Crippen LogP contribution in [-0.2, 0) is 4.79 Å². The summed E-state index contributed by atoms with van der Waals surface area (Å²) in [6.07, 6.45) is -1.34. The van der Waals surface area contributed by atoms with Crippen LogP contribution in [0.2, 0.25) is 0 Å². The maximum atomic E-state index is 13.8. The van der Waals surface area contributed by atoms with Crippen LogP contribution in [0.4, 0.5) is 10.1 Å². The van der Waals surface area contributed by atoms with E-state index in [-0.39, 0.29) is 5.56 Å². The fourth-order valence-electron chi connectivity index (χ4n) is 2.72. The van der Waals surface area contributed by atoms with Gasteiger partial charge >= 0.3 is 0 Å². The highest BCUT2D eigenvalue weighted by atomic mass is 19.1. The Morgan fingerprint density at radius 1 is 0.967 bits per heavy atom. The van der Waals surface area contributed by atoms with Crippen molar-refractivity contribution in [3.63, 3.8) is 0 Å². The maximum Gasteiger partial charge on any atom is 0.273 e. The Hall–Kier alpha value is -3.84. The molecule has 2 amide bonds. The number of anilines is 1. The second-order valence-corrected chi connectivity index (χ2v) is 6.50. The molecule has 0 aliphatic carbocycles. The Kier molecular flexibility index (Phi) is 6.67. The Morgan fingerprint density at radius 2 is 1.67 bits per heavy atom. The molecule has 0 spiro atoms. The molecule has 152 valence electrons. The third-order valence-corrected chi connectivity index (χ3v) is 4.35. The minimum atomic E-state index is -1.34. The molecule has 1 unspecified atom stereocenters. The molecule has 0 aliphatic rings. The van der Waals surface area contributed by atoms with E-state index >= 15 is 0 Å². The first-order chi connectivity index (χ1) is 14.5. The summed E-state index contributed by atoms with van der Waals surface area (Å²) >= 11 is 0. The van der Waals surface area contributed by atoms with E-state index in [9.17, 15) is 19.1 Å². The molecule has 0 saturated carbocycles. The van der Waals surface area contributed by atoms with Gasteiger partial charge in [0.25, 0.3) is 11.8 Å². The fraction of sp³-hybridized carbons (Fsp3) is 0.0870. The van der Waals surface area contributed by atoms with E-state index in [4.69, 9.17) is 0 Å². The molecule has 1 atom stereocenters. The van der Waals surface area contributed by atoms with Gasteiger partial charge in [0.15, 0.2) is 6.10 Å². The van der Waals surface area contributed by atoms with Crippen molar-refractivity contribution in [1.29, 1.82) is 0 Å². The number of nitrogens with one attached hydrogen (secondary N) is 2. The lowest BCUT2D eigenvalue weighted by Crippen LogP contribution is -2.26. The van der Waals surface area contributed by atoms with E-state index in [0.29, 0.717) is 22.5 Å². The number of halogens is 1. The Bertz CT molecular complexity index is 1080. The first-order valence-corrected chi connectivity index (χ1v) is 9.19. The first kappa shape index (κ1) is 20.9. The number of carbonyl (C=O) groups is 2. The van der Waals surface area contributed by atoms with Gasteiger partial charge in [0, 0.05) is 5.69 Å². The van der Waals surface area contributed by atoms with Gasteiger partial charge in [0.1, 0.15) is 5.82 Å². The quantitative estimate of drug-likeness (QED) is 0.432. The van der Waals surface area contributed by atoms with Crippen molar-refractivity contribution in [2.75, 3.05) is 5.32 Å². The predicted octanol–water partition coefficient (Wildman–Crippen LogP) is 3.65. The minimum Gasteiger partial charge on any atom is -0.378 e. The number of aliphatic hydroxyl groups is 1. The number of benzene rings is 3. The van der Waals surface area contributed by atoms with Crippen LogP contribution in [-0.4, -0.2) is 22.6 Å². The summed E-state index contributed by atoms with van der Waals surface area (Å²) in [6, 6.07) is 21.0. The van der Waals surface area contributed by atoms with Crippen molar-refractivity contribution < 1.29 is 19.1 Å². The van der Waals surface area contributed by atoms with Crippen molar-refractivity contribution in [2.45, 2.75) is 13.0 Å². The van der Waals surface area contributed by atoms with Gasteiger partial charge in [0.05, 0.1) is 11.3 Å². The average Bonchev–Trinajstić information content (AvgIpc) is 2.77. The van der Waals surface area contributed by atoms with Crippen LogP contribution in [0, 0.1) is 5.82 Å². The van der Waals surface area contributed by atoms with Crippen LogP contribution >= 0.6 is 0 Å². The molecule has 0 heterocycles. The average molecular weight is 405 g/mol. The highest BCUT2D eigenvalue weighted by Gasteiger charge is 2.16. The number of hydrazone groups is 1. The van der Waals surface area contributed by atoms with Gasteiger partial charge in [-0.05, 0) is 42.3 Å². The van der Waals surface area contributed by atoms with Crippen molar-refractivity contribution >= 4 is 23.2 Å². The zero-order valence-electron chi connectivity index (χ0n) is 16.2. The molecule has 3 aromatic rings. The van der Waals surface area contributed by atoms with E-state index in [1.807, 2.05) is 0 Å². The van der Waals surface area contributed by atoms with Crippen molar-refractivity contribution in [3.8, 4) is 0 Å². The van der Waals surface area contributed by atoms with Crippen LogP contribution in [0.3, 0.4) is 0 Å². The second-order valence-electron chi connectivity index (χ2n) is 6.50. The molecule has 7 heteroatoms. The smallest absolute Gasteiger partial charge is 0.273 e. The summed E-state index contributed by atoms with van der Waals surface area (Å²) in [5.41, 5.74) is 4.28. The summed E-state index contributed by atoms with van der Waals surface area (Å²) in [7, 11) is 0. The Morgan fingerprint density at radius 3 is 2.40 bits per heavy atom. The summed E-state index contributed by atoms with van der Waals surface area (Å²) in [4.78, 5) is 24.4. The molecule has 3 aromatic carbocycles. The van der Waals surface area contributed by atoms with Crippen molar-refractivity contribution in [2.24, 2.45) is 5.10 Å². The monoisotopic (exact) mass is 405 g/mol. The van der Waals surface area contributed by atoms with Crippen LogP contribution in [0.1, 0.15) is 34.5 Å². The topological polar surface area (TPSA) is 90.8 Å². The van der Waals surface area contributed by atoms with Crippen LogP contribution in [0.5, 0.6) is 0 Å². The number of aliphatic hydroxyl groups excluding tert-OH is 1. The number of rotatable bonds is 6. The van der Waals surface area contributed by atoms with Crippen LogP contribution in [0.25, 0.3) is 0 Å². The first-order valence-electron chi connectivity index (χ1n) is 9.19. The lowest BCUT2D eigenvalue weighted by molar-refractivity contribution is -0.129. The number of carbonyl (C=O) groups excluding carboxylic acids is 2. The third kappa shape index (κ3) is 5.15. The molecule has 3 N–H and O–H groups in total. The molecular formula is C23H20FN3O3. The van der Waals surface area contributed by atoms with Gasteiger partial charge in [-0.25, -0.2) is 9.82 Å². The van der Waals surface area contributed by atoms with E-state index in [0.717, 1.165) is 0 Å². The normalized spacial score (nSPS) is 12.2. The van der Waals surface area contributed by atoms with Gasteiger partial charge in [0.2, 0.25) is 0 Å². The number of hydrogen-bond acceptors (Lipinski definition) is 4. The third-order valence-electron chi connectivity index (χ3n) is 4.35. The highest BCUT2D eigenvalue weighted by molar-refractivity contribution is 6.06. The highest BCUT2D eigenvalue weighted by Crippen LogP contribution is 2.15. The lowest BCUT2D eigenvalue weighted by Gasteiger charge is -2.10. The zero-order chi connectivity index (χ0) is 21.5. The largest absolute Gasteiger partial charge is 0.378 e. The SMILES string of the molecule is C/C(=N\NC(=O)C(O)c1ccccc1)c1cccc(NC(=O)c2ccccc2F)c1. The van der Waals surface area contributed by atoms with Gasteiger partial charge < -0.3 is 10.4 Å². The number of nitrogens with zero attached hydrogens (tertiary/aromatic N) is 1. The molecule has 0 saturated heterocycles. The number of amides is 2. The molecule has 3 rings (SSSR count).